The normalized spacial score (nSPS) is 11.1. The second kappa shape index (κ2) is 8.34. The van der Waals surface area contributed by atoms with E-state index in [1.54, 1.807) is 0 Å². The van der Waals surface area contributed by atoms with Crippen molar-refractivity contribution in [2.75, 3.05) is 7.11 Å². The summed E-state index contributed by atoms with van der Waals surface area (Å²) >= 11 is 0. The summed E-state index contributed by atoms with van der Waals surface area (Å²) in [6, 6.07) is 1.46. The molecule has 2 N–H and O–H groups in total. The fourth-order valence-corrected chi connectivity index (χ4v) is 2.33. The molecule has 0 bridgehead atoms. The summed E-state index contributed by atoms with van der Waals surface area (Å²) in [6.07, 6.45) is 3.92. The van der Waals surface area contributed by atoms with Gasteiger partial charge in [-0.2, -0.15) is 0 Å². The van der Waals surface area contributed by atoms with E-state index in [1.165, 1.54) is 31.8 Å². The van der Waals surface area contributed by atoms with E-state index >= 15 is 0 Å². The highest BCUT2D eigenvalue weighted by Gasteiger charge is 2.26. The van der Waals surface area contributed by atoms with Crippen LogP contribution in [-0.2, 0) is 16.0 Å². The second-order valence-electron chi connectivity index (χ2n) is 5.20. The number of H-pyrrole nitrogens is 1. The number of benzene rings is 1. The van der Waals surface area contributed by atoms with Crippen molar-refractivity contribution >= 4 is 30.1 Å². The van der Waals surface area contributed by atoms with Gasteiger partial charge in [0.15, 0.2) is 12.6 Å². The Balaban J connectivity index is 2.31. The Kier molecular flexibility index (Phi) is 5.95. The van der Waals surface area contributed by atoms with Crippen molar-refractivity contribution < 1.29 is 23.9 Å². The highest BCUT2D eigenvalue weighted by molar-refractivity contribution is 6.03. The number of rotatable bonds is 7. The second-order valence-corrected chi connectivity index (χ2v) is 5.20. The molecule has 1 aromatic heterocycles. The molecule has 1 heterocycles. The summed E-state index contributed by atoms with van der Waals surface area (Å²) in [5.41, 5.74) is 0.546. The maximum Gasteiger partial charge on any atom is 0.360 e. The lowest BCUT2D eigenvalue weighted by Crippen LogP contribution is -2.43. The standard InChI is InChI=1S/C17H14N4O5/c1-18-15-11(7-22)3-10(4-12(15)8-23)16(24)21-14(17(25)26-2)5-13-6-19-9-20-13/h1,3-4,6-9,14H,5H2,2H3,(H-,19,20,21,24)/p+1/t14-/m1/s1. The molecule has 0 spiro atoms. The van der Waals surface area contributed by atoms with Gasteiger partial charge in [-0.1, -0.05) is 0 Å². The molecule has 2 aromatic rings. The average molecular weight is 355 g/mol. The van der Waals surface area contributed by atoms with Crippen LogP contribution in [0.2, 0.25) is 0 Å². The monoisotopic (exact) mass is 355 g/mol. The number of hydrogen-bond donors (Lipinski definition) is 2. The third kappa shape index (κ3) is 3.99. The van der Waals surface area contributed by atoms with Gasteiger partial charge in [0, 0.05) is 23.9 Å². The molecule has 9 nitrogen and oxygen atoms in total. The highest BCUT2D eigenvalue weighted by Crippen LogP contribution is 2.24. The van der Waals surface area contributed by atoms with E-state index in [1.807, 2.05) is 0 Å². The Morgan fingerprint density at radius 2 is 2.00 bits per heavy atom. The number of methoxy groups -OCH3 is 1. The summed E-state index contributed by atoms with van der Waals surface area (Å²) in [6.45, 7) is 5.18. The van der Waals surface area contributed by atoms with E-state index in [0.717, 1.165) is 0 Å². The number of nitrogens with zero attached hydrogens (tertiary/aromatic N) is 2. The van der Waals surface area contributed by atoms with Crippen LogP contribution in [0.4, 0.5) is 5.69 Å². The number of amides is 1. The number of carbonyl (C=O) groups is 4. The minimum absolute atomic E-state index is 0.000105. The van der Waals surface area contributed by atoms with Crippen LogP contribution in [0.3, 0.4) is 0 Å². The molecule has 0 saturated carbocycles. The molecule has 9 heteroatoms. The maximum atomic E-state index is 12.5. The highest BCUT2D eigenvalue weighted by atomic mass is 16.5. The average Bonchev–Trinajstić information content (AvgIpc) is 3.18. The predicted octanol–water partition coefficient (Wildman–Crippen LogP) is 1.14. The van der Waals surface area contributed by atoms with Gasteiger partial charge in [0.2, 0.25) is 0 Å². The molecule has 132 valence electrons. The fourth-order valence-electron chi connectivity index (χ4n) is 2.33. The first-order chi connectivity index (χ1) is 12.5. The largest absolute Gasteiger partial charge is 0.467 e. The number of imidazole rings is 1. The minimum atomic E-state index is -0.994. The van der Waals surface area contributed by atoms with Crippen LogP contribution in [0.15, 0.2) is 24.7 Å². The molecule has 0 aliphatic rings. The van der Waals surface area contributed by atoms with Crippen LogP contribution >= 0.6 is 0 Å². The van der Waals surface area contributed by atoms with Gasteiger partial charge in [0.05, 0.1) is 13.4 Å². The summed E-state index contributed by atoms with van der Waals surface area (Å²) in [7, 11) is 1.20. The fraction of sp³-hybridized carbons (Fsp3) is 0.176. The molecule has 1 aromatic carbocycles. The smallest absolute Gasteiger partial charge is 0.360 e. The van der Waals surface area contributed by atoms with Gasteiger partial charge in [-0.25, -0.2) is 9.78 Å². The zero-order valence-electron chi connectivity index (χ0n) is 13.8. The van der Waals surface area contributed by atoms with Crippen LogP contribution in [-0.4, -0.2) is 47.6 Å². The molecule has 2 rings (SSSR count). The zero-order chi connectivity index (χ0) is 19.1. The van der Waals surface area contributed by atoms with E-state index in [0.29, 0.717) is 18.3 Å². The summed E-state index contributed by atoms with van der Waals surface area (Å²) in [5.74, 6) is -1.33. The number of hydrogen-bond acceptors (Lipinski definition) is 6. The Bertz CT molecular complexity index is 854. The van der Waals surface area contributed by atoms with Crippen molar-refractivity contribution in [1.29, 1.82) is 0 Å². The third-order valence-corrected chi connectivity index (χ3v) is 3.58. The SMILES string of the molecule is C#[N+]c1c(C=O)cc(C(=O)N[C@H](Cc2cnc[nH]2)C(=O)OC)cc1C=O. The molecule has 0 fully saturated rings. The van der Waals surface area contributed by atoms with Crippen molar-refractivity contribution in [3.8, 4) is 6.57 Å². The summed E-state index contributed by atoms with van der Waals surface area (Å²) < 4.78 is 4.69. The number of carbonyl (C=O) groups excluding carboxylic acids is 4. The van der Waals surface area contributed by atoms with Crippen molar-refractivity contribution in [1.82, 2.24) is 15.3 Å². The van der Waals surface area contributed by atoms with Gasteiger partial charge in [0.1, 0.15) is 17.2 Å². The quantitative estimate of drug-likeness (QED) is 0.567. The number of esters is 1. The molecule has 0 saturated heterocycles. The van der Waals surface area contributed by atoms with Crippen LogP contribution in [0.5, 0.6) is 0 Å². The zero-order valence-corrected chi connectivity index (χ0v) is 13.8. The molecule has 0 aliphatic heterocycles. The first-order valence-electron chi connectivity index (χ1n) is 7.39. The third-order valence-electron chi connectivity index (χ3n) is 3.58. The van der Waals surface area contributed by atoms with E-state index in [4.69, 9.17) is 11.3 Å². The Morgan fingerprint density at radius 1 is 1.35 bits per heavy atom. The number of ether oxygens (including phenoxy) is 1. The minimum Gasteiger partial charge on any atom is -0.467 e. The lowest BCUT2D eigenvalue weighted by Gasteiger charge is -2.16. The lowest BCUT2D eigenvalue weighted by atomic mass is 10.0. The summed E-state index contributed by atoms with van der Waals surface area (Å²) in [4.78, 5) is 56.8. The molecule has 1 amide bonds. The van der Waals surface area contributed by atoms with Gasteiger partial charge in [0.25, 0.3) is 12.5 Å². The van der Waals surface area contributed by atoms with E-state index < -0.39 is 17.9 Å². The van der Waals surface area contributed by atoms with Crippen molar-refractivity contribution in [3.05, 3.63) is 51.9 Å². The summed E-state index contributed by atoms with van der Waals surface area (Å²) in [5, 5.41) is 2.51. The maximum absolute atomic E-state index is 12.5. The predicted molar refractivity (Wildman–Crippen MR) is 90.7 cm³/mol. The first-order valence-corrected chi connectivity index (χ1v) is 7.39. The Morgan fingerprint density at radius 3 is 2.46 bits per heavy atom. The topological polar surface area (TPSA) is 123 Å². The molecular weight excluding hydrogens is 340 g/mol. The number of aromatic nitrogens is 2. The molecule has 0 radical (unpaired) electrons. The molecule has 0 unspecified atom stereocenters. The van der Waals surface area contributed by atoms with Crippen LogP contribution in [0.25, 0.3) is 4.85 Å². The van der Waals surface area contributed by atoms with Gasteiger partial charge >= 0.3 is 11.7 Å². The van der Waals surface area contributed by atoms with Crippen molar-refractivity contribution in [3.63, 3.8) is 0 Å². The van der Waals surface area contributed by atoms with Gasteiger partial charge in [-0.15, -0.1) is 0 Å². The molecule has 26 heavy (non-hydrogen) atoms. The first kappa shape index (κ1) is 18.5. The van der Waals surface area contributed by atoms with Crippen LogP contribution in [0.1, 0.15) is 36.8 Å². The van der Waals surface area contributed by atoms with E-state index in [2.05, 4.69) is 20.1 Å². The Labute approximate surface area is 148 Å². The van der Waals surface area contributed by atoms with E-state index in [9.17, 15) is 19.2 Å². The lowest BCUT2D eigenvalue weighted by molar-refractivity contribution is -0.142. The van der Waals surface area contributed by atoms with Gasteiger partial charge < -0.3 is 15.0 Å². The molecular formula is C17H15N4O5+. The molecule has 0 aliphatic carbocycles. The number of aromatic amines is 1. The molecule has 1 atom stereocenters. The van der Waals surface area contributed by atoms with Crippen molar-refractivity contribution in [2.45, 2.75) is 12.5 Å². The van der Waals surface area contributed by atoms with Gasteiger partial charge in [-0.05, 0) is 17.0 Å². The van der Waals surface area contributed by atoms with Crippen LogP contribution < -0.4 is 5.32 Å². The Hall–Kier alpha value is -3.80. The van der Waals surface area contributed by atoms with Crippen molar-refractivity contribution in [2.24, 2.45) is 0 Å². The van der Waals surface area contributed by atoms with E-state index in [-0.39, 0.29) is 28.8 Å². The van der Waals surface area contributed by atoms with Gasteiger partial charge in [-0.3, -0.25) is 14.4 Å². The van der Waals surface area contributed by atoms with Crippen LogP contribution in [0, 0.1) is 6.57 Å². The number of nitrogens with one attached hydrogen (secondary N) is 2. The number of aldehydes is 2.